The molecule has 1 amide bonds. The maximum atomic E-state index is 11.2. The molecule has 1 N–H and O–H groups in total. The summed E-state index contributed by atoms with van der Waals surface area (Å²) in [5, 5.41) is 2.55. The average Bonchev–Trinajstić information content (AvgIpc) is 2.26. The number of nitrogens with zero attached hydrogens (tertiary/aromatic N) is 1. The molecule has 0 atom stereocenters. The van der Waals surface area contributed by atoms with Crippen LogP contribution in [0.2, 0.25) is 0 Å². The lowest BCUT2D eigenvalue weighted by atomic mass is 10.3. The molecule has 0 aliphatic heterocycles. The molecule has 0 saturated heterocycles. The average molecular weight is 208 g/mol. The Morgan fingerprint density at radius 3 is 3.00 bits per heavy atom. The molecule has 0 aliphatic carbocycles. The van der Waals surface area contributed by atoms with E-state index in [2.05, 4.69) is 17.2 Å². The number of hydrogen-bond donors (Lipinski definition) is 1. The highest BCUT2D eigenvalue weighted by atomic mass is 16.5. The Labute approximate surface area is 89.7 Å². The number of anilines is 1. The first-order valence-electron chi connectivity index (χ1n) is 5.17. The third-order valence-electron chi connectivity index (χ3n) is 1.88. The Hall–Kier alpha value is -1.58. The van der Waals surface area contributed by atoms with Crippen LogP contribution in [0.3, 0.4) is 0 Å². The van der Waals surface area contributed by atoms with Crippen molar-refractivity contribution in [3.63, 3.8) is 0 Å². The van der Waals surface area contributed by atoms with Crippen LogP contribution in [-0.2, 0) is 4.74 Å². The molecule has 4 nitrogen and oxygen atoms in total. The van der Waals surface area contributed by atoms with E-state index in [4.69, 9.17) is 4.74 Å². The number of unbranched alkanes of at least 4 members (excludes halogenated alkanes) is 2. The molecule has 1 aromatic heterocycles. The monoisotopic (exact) mass is 208 g/mol. The van der Waals surface area contributed by atoms with Gasteiger partial charge in [0.1, 0.15) is 5.82 Å². The lowest BCUT2D eigenvalue weighted by Gasteiger charge is -2.05. The van der Waals surface area contributed by atoms with Gasteiger partial charge in [-0.3, -0.25) is 5.32 Å². The normalized spacial score (nSPS) is 9.67. The van der Waals surface area contributed by atoms with Crippen molar-refractivity contribution in [2.24, 2.45) is 0 Å². The van der Waals surface area contributed by atoms with Gasteiger partial charge in [0.05, 0.1) is 6.61 Å². The van der Waals surface area contributed by atoms with Gasteiger partial charge in [-0.2, -0.15) is 0 Å². The van der Waals surface area contributed by atoms with Crippen molar-refractivity contribution in [3.8, 4) is 0 Å². The molecule has 1 heterocycles. The fourth-order valence-electron chi connectivity index (χ4n) is 1.09. The number of rotatable bonds is 5. The number of nitrogens with one attached hydrogen (secondary N) is 1. The van der Waals surface area contributed by atoms with Crippen molar-refractivity contribution in [1.82, 2.24) is 4.98 Å². The number of aromatic nitrogens is 1. The molecular formula is C11H16N2O2. The van der Waals surface area contributed by atoms with Crippen molar-refractivity contribution >= 4 is 11.9 Å². The Bertz CT molecular complexity index is 288. The van der Waals surface area contributed by atoms with Gasteiger partial charge in [-0.1, -0.05) is 25.8 Å². The van der Waals surface area contributed by atoms with Crippen LogP contribution in [0.1, 0.15) is 26.2 Å². The molecule has 15 heavy (non-hydrogen) atoms. The van der Waals surface area contributed by atoms with Gasteiger partial charge in [-0.25, -0.2) is 9.78 Å². The molecule has 0 unspecified atom stereocenters. The fraction of sp³-hybridized carbons (Fsp3) is 0.455. The maximum Gasteiger partial charge on any atom is 0.412 e. The van der Waals surface area contributed by atoms with E-state index in [-0.39, 0.29) is 0 Å². The van der Waals surface area contributed by atoms with Crippen LogP contribution in [0.5, 0.6) is 0 Å². The van der Waals surface area contributed by atoms with Gasteiger partial charge >= 0.3 is 6.09 Å². The van der Waals surface area contributed by atoms with Gasteiger partial charge < -0.3 is 4.74 Å². The number of carbonyl (C=O) groups excluding carboxylic acids is 1. The Morgan fingerprint density at radius 1 is 1.47 bits per heavy atom. The lowest BCUT2D eigenvalue weighted by Crippen LogP contribution is -2.15. The summed E-state index contributed by atoms with van der Waals surface area (Å²) in [5.41, 5.74) is 0. The highest BCUT2D eigenvalue weighted by Crippen LogP contribution is 2.01. The summed E-state index contributed by atoms with van der Waals surface area (Å²) < 4.78 is 4.96. The van der Waals surface area contributed by atoms with Crippen molar-refractivity contribution < 1.29 is 9.53 Å². The molecule has 0 saturated carbocycles. The van der Waals surface area contributed by atoms with Crippen LogP contribution in [0.15, 0.2) is 24.4 Å². The summed E-state index contributed by atoms with van der Waals surface area (Å²) in [4.78, 5) is 15.2. The standard InChI is InChI=1S/C11H16N2O2/c1-2-3-6-9-15-11(14)13-10-7-4-5-8-12-10/h4-5,7-8H,2-3,6,9H2,1H3,(H,12,13,14). The summed E-state index contributed by atoms with van der Waals surface area (Å²) in [6.45, 7) is 2.57. The molecule has 0 aromatic carbocycles. The summed E-state index contributed by atoms with van der Waals surface area (Å²) in [6.07, 6.45) is 4.28. The molecule has 0 bridgehead atoms. The van der Waals surface area contributed by atoms with Gasteiger partial charge in [0.15, 0.2) is 0 Å². The predicted octanol–water partition coefficient (Wildman–Crippen LogP) is 2.82. The van der Waals surface area contributed by atoms with E-state index in [9.17, 15) is 4.79 Å². The molecule has 4 heteroatoms. The van der Waals surface area contributed by atoms with Crippen LogP contribution >= 0.6 is 0 Å². The predicted molar refractivity (Wildman–Crippen MR) is 58.7 cm³/mol. The van der Waals surface area contributed by atoms with E-state index < -0.39 is 6.09 Å². The first-order valence-corrected chi connectivity index (χ1v) is 5.17. The smallest absolute Gasteiger partial charge is 0.412 e. The number of carbonyl (C=O) groups is 1. The molecule has 1 aromatic rings. The van der Waals surface area contributed by atoms with Gasteiger partial charge in [0.25, 0.3) is 0 Å². The topological polar surface area (TPSA) is 51.2 Å². The largest absolute Gasteiger partial charge is 0.449 e. The van der Waals surface area contributed by atoms with E-state index in [0.29, 0.717) is 12.4 Å². The van der Waals surface area contributed by atoms with Gasteiger partial charge in [-0.05, 0) is 18.6 Å². The van der Waals surface area contributed by atoms with Crippen molar-refractivity contribution in [1.29, 1.82) is 0 Å². The van der Waals surface area contributed by atoms with E-state index in [1.165, 1.54) is 0 Å². The number of ether oxygens (including phenoxy) is 1. The van der Waals surface area contributed by atoms with Gasteiger partial charge in [0, 0.05) is 6.20 Å². The lowest BCUT2D eigenvalue weighted by molar-refractivity contribution is 0.159. The second kappa shape index (κ2) is 6.81. The first-order chi connectivity index (χ1) is 7.33. The Morgan fingerprint density at radius 2 is 2.33 bits per heavy atom. The third kappa shape index (κ3) is 5.00. The quantitative estimate of drug-likeness (QED) is 0.757. The molecular weight excluding hydrogens is 192 g/mol. The third-order valence-corrected chi connectivity index (χ3v) is 1.88. The molecule has 82 valence electrons. The fourth-order valence-corrected chi connectivity index (χ4v) is 1.09. The van der Waals surface area contributed by atoms with Crippen LogP contribution in [0.4, 0.5) is 10.6 Å². The summed E-state index contributed by atoms with van der Waals surface area (Å²) in [6, 6.07) is 5.31. The van der Waals surface area contributed by atoms with Crippen LogP contribution in [-0.4, -0.2) is 17.7 Å². The van der Waals surface area contributed by atoms with E-state index in [1.807, 2.05) is 0 Å². The molecule has 0 radical (unpaired) electrons. The number of amides is 1. The zero-order chi connectivity index (χ0) is 10.9. The van der Waals surface area contributed by atoms with E-state index in [1.54, 1.807) is 24.4 Å². The second-order valence-corrected chi connectivity index (χ2v) is 3.18. The molecule has 0 spiro atoms. The summed E-state index contributed by atoms with van der Waals surface area (Å²) in [7, 11) is 0. The zero-order valence-corrected chi connectivity index (χ0v) is 8.90. The maximum absolute atomic E-state index is 11.2. The molecule has 1 rings (SSSR count). The minimum absolute atomic E-state index is 0.440. The minimum Gasteiger partial charge on any atom is -0.449 e. The Balaban J connectivity index is 2.19. The SMILES string of the molecule is CCCCCOC(=O)Nc1ccccn1. The van der Waals surface area contributed by atoms with Crippen molar-refractivity contribution in [3.05, 3.63) is 24.4 Å². The minimum atomic E-state index is -0.440. The number of hydrogen-bond acceptors (Lipinski definition) is 3. The highest BCUT2D eigenvalue weighted by molar-refractivity contribution is 5.83. The first kappa shape index (κ1) is 11.5. The highest BCUT2D eigenvalue weighted by Gasteiger charge is 2.02. The number of pyridine rings is 1. The van der Waals surface area contributed by atoms with Crippen LogP contribution in [0, 0.1) is 0 Å². The van der Waals surface area contributed by atoms with Crippen molar-refractivity contribution in [2.75, 3.05) is 11.9 Å². The van der Waals surface area contributed by atoms with Crippen molar-refractivity contribution in [2.45, 2.75) is 26.2 Å². The van der Waals surface area contributed by atoms with Gasteiger partial charge in [0.2, 0.25) is 0 Å². The molecule has 0 aliphatic rings. The summed E-state index contributed by atoms with van der Waals surface area (Å²) >= 11 is 0. The molecule has 0 fully saturated rings. The zero-order valence-electron chi connectivity index (χ0n) is 8.90. The second-order valence-electron chi connectivity index (χ2n) is 3.18. The van der Waals surface area contributed by atoms with Crippen LogP contribution < -0.4 is 5.32 Å². The summed E-state index contributed by atoms with van der Waals surface area (Å²) in [5.74, 6) is 0.512. The van der Waals surface area contributed by atoms with E-state index >= 15 is 0 Å². The van der Waals surface area contributed by atoms with Gasteiger partial charge in [-0.15, -0.1) is 0 Å². The van der Waals surface area contributed by atoms with Crippen LogP contribution in [0.25, 0.3) is 0 Å². The Kier molecular flexibility index (Phi) is 5.22. The van der Waals surface area contributed by atoms with E-state index in [0.717, 1.165) is 19.3 Å².